The van der Waals surface area contributed by atoms with Crippen molar-refractivity contribution < 1.29 is 27.4 Å². The number of rotatable bonds is 5. The van der Waals surface area contributed by atoms with Crippen LogP contribution in [0.2, 0.25) is 0 Å². The molecule has 3 N–H and O–H groups in total. The number of nitrogens with zero attached hydrogens (tertiary/aromatic N) is 5. The van der Waals surface area contributed by atoms with Crippen molar-refractivity contribution in [2.75, 3.05) is 63.7 Å². The van der Waals surface area contributed by atoms with Crippen LogP contribution in [0.1, 0.15) is 41.2 Å². The number of carbonyl (C=O) groups is 1. The third-order valence-electron chi connectivity index (χ3n) is 7.01. The van der Waals surface area contributed by atoms with Gasteiger partial charge in [0.1, 0.15) is 11.6 Å². The van der Waals surface area contributed by atoms with Crippen LogP contribution in [0, 0.1) is 0 Å². The standard InChI is InChI=1S/C25H32F3N7O3/c1-16(17-10-18(25(26,27)28)12-19(29)11-17)30-23-20-13-35(24(36)34-4-8-38-9-5-34)14-21(20)31-22(32-23)15-33-2-6-37-7-3-33/h10-12,16H,2-9,13-15,29H2,1H3,(H,30,31,32)/t16-/m1/s1. The number of morpholine rings is 2. The van der Waals surface area contributed by atoms with Crippen molar-refractivity contribution >= 4 is 17.5 Å². The number of fused-ring (bicyclic) bond motifs is 1. The number of alkyl halides is 3. The normalized spacial score (nSPS) is 19.4. The van der Waals surface area contributed by atoms with Gasteiger partial charge in [-0.1, -0.05) is 0 Å². The van der Waals surface area contributed by atoms with Crippen LogP contribution in [0.15, 0.2) is 18.2 Å². The molecule has 10 nitrogen and oxygen atoms in total. The van der Waals surface area contributed by atoms with Crippen molar-refractivity contribution in [2.24, 2.45) is 0 Å². The molecule has 1 atom stereocenters. The molecule has 38 heavy (non-hydrogen) atoms. The van der Waals surface area contributed by atoms with Crippen molar-refractivity contribution in [2.45, 2.75) is 38.8 Å². The van der Waals surface area contributed by atoms with Gasteiger partial charge in [-0.25, -0.2) is 14.8 Å². The Morgan fingerprint density at radius 2 is 1.71 bits per heavy atom. The lowest BCUT2D eigenvalue weighted by molar-refractivity contribution is -0.137. The van der Waals surface area contributed by atoms with E-state index in [1.165, 1.54) is 6.07 Å². The Kier molecular flexibility index (Phi) is 7.59. The molecule has 3 aliphatic heterocycles. The molecule has 0 unspecified atom stereocenters. The first-order valence-corrected chi connectivity index (χ1v) is 12.7. The third-order valence-corrected chi connectivity index (χ3v) is 7.01. The summed E-state index contributed by atoms with van der Waals surface area (Å²) in [6.07, 6.45) is -4.51. The fraction of sp³-hybridized carbons (Fsp3) is 0.560. The van der Waals surface area contributed by atoms with Crippen molar-refractivity contribution in [1.82, 2.24) is 24.7 Å². The van der Waals surface area contributed by atoms with Crippen LogP contribution in [0.3, 0.4) is 0 Å². The molecule has 4 heterocycles. The first-order chi connectivity index (χ1) is 18.2. The minimum Gasteiger partial charge on any atom is -0.399 e. The number of ether oxygens (including phenoxy) is 2. The first kappa shape index (κ1) is 26.4. The van der Waals surface area contributed by atoms with E-state index in [0.717, 1.165) is 36.5 Å². The Labute approximate surface area is 218 Å². The number of nitrogens with one attached hydrogen (secondary N) is 1. The van der Waals surface area contributed by atoms with Crippen LogP contribution in [-0.2, 0) is 35.3 Å². The summed E-state index contributed by atoms with van der Waals surface area (Å²) in [7, 11) is 0. The largest absolute Gasteiger partial charge is 0.416 e. The molecule has 0 bridgehead atoms. The predicted octanol–water partition coefficient (Wildman–Crippen LogP) is 2.85. The average molecular weight is 536 g/mol. The summed E-state index contributed by atoms with van der Waals surface area (Å²) in [6, 6.07) is 2.92. The maximum absolute atomic E-state index is 13.4. The summed E-state index contributed by atoms with van der Waals surface area (Å²) in [5, 5.41) is 3.29. The number of hydrogen-bond acceptors (Lipinski definition) is 8. The van der Waals surface area contributed by atoms with Gasteiger partial charge in [-0.05, 0) is 30.7 Å². The molecule has 3 aliphatic rings. The van der Waals surface area contributed by atoms with Gasteiger partial charge in [0.15, 0.2) is 0 Å². The van der Waals surface area contributed by atoms with E-state index in [1.54, 1.807) is 16.7 Å². The van der Waals surface area contributed by atoms with Gasteiger partial charge in [-0.15, -0.1) is 0 Å². The number of benzene rings is 1. The fourth-order valence-corrected chi connectivity index (χ4v) is 4.92. The molecule has 2 aromatic rings. The van der Waals surface area contributed by atoms with E-state index in [1.807, 2.05) is 0 Å². The Morgan fingerprint density at radius 3 is 2.39 bits per heavy atom. The molecule has 1 aromatic heterocycles. The van der Waals surface area contributed by atoms with Gasteiger partial charge in [-0.2, -0.15) is 13.2 Å². The van der Waals surface area contributed by atoms with Crippen LogP contribution in [-0.4, -0.2) is 83.3 Å². The monoisotopic (exact) mass is 535 g/mol. The van der Waals surface area contributed by atoms with Crippen LogP contribution < -0.4 is 11.1 Å². The van der Waals surface area contributed by atoms with E-state index in [-0.39, 0.29) is 11.7 Å². The number of urea groups is 1. The van der Waals surface area contributed by atoms with Gasteiger partial charge >= 0.3 is 12.2 Å². The number of nitrogen functional groups attached to an aromatic ring is 1. The van der Waals surface area contributed by atoms with E-state index in [9.17, 15) is 18.0 Å². The summed E-state index contributed by atoms with van der Waals surface area (Å²) in [5.74, 6) is 1.10. The molecule has 0 saturated carbocycles. The highest BCUT2D eigenvalue weighted by molar-refractivity contribution is 5.76. The zero-order chi connectivity index (χ0) is 26.9. The van der Waals surface area contributed by atoms with Crippen molar-refractivity contribution in [3.63, 3.8) is 0 Å². The van der Waals surface area contributed by atoms with Crippen molar-refractivity contribution in [3.05, 3.63) is 46.4 Å². The van der Waals surface area contributed by atoms with Gasteiger partial charge in [0, 0.05) is 37.4 Å². The molecule has 206 valence electrons. The topological polar surface area (TPSA) is 109 Å². The van der Waals surface area contributed by atoms with Crippen LogP contribution in [0.5, 0.6) is 0 Å². The maximum atomic E-state index is 13.4. The van der Waals surface area contributed by atoms with Gasteiger partial charge < -0.3 is 30.3 Å². The number of nitrogens with two attached hydrogens (primary N) is 1. The highest BCUT2D eigenvalue weighted by Crippen LogP contribution is 2.35. The van der Waals surface area contributed by atoms with Gasteiger partial charge in [-0.3, -0.25) is 4.90 Å². The van der Waals surface area contributed by atoms with E-state index in [4.69, 9.17) is 25.2 Å². The summed E-state index contributed by atoms with van der Waals surface area (Å²) < 4.78 is 51.0. The Hall–Kier alpha value is -3.16. The number of carbonyl (C=O) groups excluding carboxylic acids is 1. The molecule has 13 heteroatoms. The molecule has 0 radical (unpaired) electrons. The molecule has 0 aliphatic carbocycles. The Bertz CT molecular complexity index is 1170. The molecule has 2 amide bonds. The number of hydrogen-bond donors (Lipinski definition) is 2. The molecule has 5 rings (SSSR count). The van der Waals surface area contributed by atoms with Gasteiger partial charge in [0.25, 0.3) is 0 Å². The maximum Gasteiger partial charge on any atom is 0.416 e. The van der Waals surface area contributed by atoms with Crippen LogP contribution in [0.4, 0.5) is 29.5 Å². The summed E-state index contributed by atoms with van der Waals surface area (Å²) in [6.45, 7) is 7.74. The number of aromatic nitrogens is 2. The van der Waals surface area contributed by atoms with Gasteiger partial charge in [0.05, 0.1) is 63.4 Å². The second kappa shape index (κ2) is 10.9. The molecule has 0 spiro atoms. The molecule has 2 fully saturated rings. The van der Waals surface area contributed by atoms with Gasteiger partial charge in [0.2, 0.25) is 0 Å². The second-order valence-electron chi connectivity index (χ2n) is 9.79. The highest BCUT2D eigenvalue weighted by Gasteiger charge is 2.34. The van der Waals surface area contributed by atoms with Crippen molar-refractivity contribution in [3.8, 4) is 0 Å². The first-order valence-electron chi connectivity index (χ1n) is 12.7. The summed E-state index contributed by atoms with van der Waals surface area (Å²) >= 11 is 0. The number of amides is 2. The second-order valence-corrected chi connectivity index (χ2v) is 9.79. The predicted molar refractivity (Wildman–Crippen MR) is 133 cm³/mol. The summed E-state index contributed by atoms with van der Waals surface area (Å²) in [5.41, 5.74) is 6.93. The smallest absolute Gasteiger partial charge is 0.399 e. The number of halogens is 3. The lowest BCUT2D eigenvalue weighted by Crippen LogP contribution is -2.46. The molecule has 2 saturated heterocycles. The van der Waals surface area contributed by atoms with Crippen molar-refractivity contribution in [1.29, 1.82) is 0 Å². The zero-order valence-corrected chi connectivity index (χ0v) is 21.3. The van der Waals surface area contributed by atoms with Crippen LogP contribution in [0.25, 0.3) is 0 Å². The highest BCUT2D eigenvalue weighted by atomic mass is 19.4. The third kappa shape index (κ3) is 5.94. The van der Waals surface area contributed by atoms with E-state index >= 15 is 0 Å². The molecular weight excluding hydrogens is 503 g/mol. The average Bonchev–Trinajstić information content (AvgIpc) is 3.33. The molecular formula is C25H32F3N7O3. The van der Waals surface area contributed by atoms with E-state index < -0.39 is 17.8 Å². The minimum absolute atomic E-state index is 0.0340. The SMILES string of the molecule is C[C@@H](Nc1nc(CN2CCOCC2)nc2c1CN(C(=O)N1CCOCC1)C2)c1cc(N)cc(C(F)(F)F)c1. The minimum atomic E-state index is -4.51. The summed E-state index contributed by atoms with van der Waals surface area (Å²) in [4.78, 5) is 28.4. The Morgan fingerprint density at radius 1 is 1.03 bits per heavy atom. The number of anilines is 2. The van der Waals surface area contributed by atoms with E-state index in [2.05, 4.69) is 10.2 Å². The quantitative estimate of drug-likeness (QED) is 0.563. The van der Waals surface area contributed by atoms with Crippen LogP contribution >= 0.6 is 0 Å². The lowest BCUT2D eigenvalue weighted by atomic mass is 10.0. The van der Waals surface area contributed by atoms with E-state index in [0.29, 0.717) is 76.4 Å². The lowest BCUT2D eigenvalue weighted by Gasteiger charge is -2.30. The zero-order valence-electron chi connectivity index (χ0n) is 21.3. The fourth-order valence-electron chi connectivity index (χ4n) is 4.92. The molecule has 1 aromatic carbocycles. The Balaban J connectivity index is 1.42.